The second-order valence-corrected chi connectivity index (χ2v) is 49.1. The summed E-state index contributed by atoms with van der Waals surface area (Å²) in [7, 11) is -4.58. The van der Waals surface area contributed by atoms with E-state index >= 15 is 0 Å². The minimum absolute atomic E-state index is 0.180. The third kappa shape index (κ3) is 9.31. The van der Waals surface area contributed by atoms with Gasteiger partial charge in [0, 0.05) is 163 Å². The average molecular weight is 1750 g/mol. The number of hydrogen-bond acceptors (Lipinski definition) is 0. The third-order valence-electron chi connectivity index (χ3n) is 34.1. The summed E-state index contributed by atoms with van der Waals surface area (Å²) >= 11 is 0. The van der Waals surface area contributed by atoms with Crippen LogP contribution in [0.2, 0.25) is 0 Å². The van der Waals surface area contributed by atoms with Crippen molar-refractivity contribution in [2.24, 2.45) is 0 Å². The molecule has 0 unspecified atom stereocenters. The lowest BCUT2D eigenvalue weighted by Crippen LogP contribution is -2.76. The van der Waals surface area contributed by atoms with Gasteiger partial charge in [0.2, 0.25) is 8.07 Å². The highest BCUT2D eigenvalue weighted by molar-refractivity contribution is 7.12. The minimum Gasteiger partial charge on any atom is -0.223 e. The fourth-order valence-electron chi connectivity index (χ4n) is 28.7. The SMILES string of the molecule is Cc1c2[n+]3c4c(cccc4c4cccc5c4c3n1C5)C(C)(C)C2.Cc1c2[n+]3c4c(cccc4c4cccc5c4c3n1C5)CC2.Cc1c2[n+]3c4c(cccc4c4cccc5c4c3n1C5)CC2(C)C.Cc1c2[n+]3c4c(cccc4c4cccc5c4c3n1C5)C[Si]2(c1ccccc1)c1ccccc1.Cc1c2[n+]3c4c(cccc4c4cccc5c4c3n1C5)[Si](c1ccccc1)(c1ccccc1)C2. The summed E-state index contributed by atoms with van der Waals surface area (Å²) in [5, 5.41) is 30.5. The van der Waals surface area contributed by atoms with Gasteiger partial charge in [0.05, 0.1) is 26.9 Å². The van der Waals surface area contributed by atoms with Crippen molar-refractivity contribution in [3.8, 4) is 0 Å². The van der Waals surface area contributed by atoms with Gasteiger partial charge in [0.15, 0.2) is 25.2 Å². The van der Waals surface area contributed by atoms with Gasteiger partial charge in [-0.1, -0.05) is 331 Å². The molecule has 10 aromatic heterocycles. The molecule has 14 aromatic carbocycles. The Morgan fingerprint density at radius 2 is 0.579 bits per heavy atom. The molecule has 0 N–H and O–H groups in total. The van der Waals surface area contributed by atoms with Crippen molar-refractivity contribution >= 4 is 184 Å². The molecule has 10 aliphatic heterocycles. The van der Waals surface area contributed by atoms with E-state index in [1.165, 1.54) is 272 Å². The smallest absolute Gasteiger partial charge is 0.223 e. The van der Waals surface area contributed by atoms with Crippen LogP contribution in [0.3, 0.4) is 0 Å². The number of pyridine rings is 5. The van der Waals surface area contributed by atoms with Crippen LogP contribution in [-0.2, 0) is 81.3 Å². The van der Waals surface area contributed by atoms with Crippen LogP contribution in [-0.4, -0.2) is 39.0 Å². The molecule has 0 amide bonds. The summed E-state index contributed by atoms with van der Waals surface area (Å²) in [4.78, 5) is 0. The number of nitrogens with zero attached hydrogens (tertiary/aromatic N) is 10. The number of imidazole rings is 5. The number of benzene rings is 14. The predicted molar refractivity (Wildman–Crippen MR) is 546 cm³/mol. The predicted octanol–water partition coefficient (Wildman–Crippen LogP) is 18.9. The highest BCUT2D eigenvalue weighted by Gasteiger charge is 2.55. The fourth-order valence-corrected chi connectivity index (χ4v) is 38.9. The van der Waals surface area contributed by atoms with Crippen LogP contribution in [0.5, 0.6) is 0 Å². The van der Waals surface area contributed by atoms with E-state index in [0.717, 1.165) is 57.7 Å². The van der Waals surface area contributed by atoms with Crippen LogP contribution in [0.4, 0.5) is 0 Å². The number of aromatic nitrogens is 10. The van der Waals surface area contributed by atoms with Crippen LogP contribution in [0.25, 0.3) is 137 Å². The Kier molecular flexibility index (Phi) is 14.7. The molecule has 12 heteroatoms. The number of para-hydroxylation sites is 5. The van der Waals surface area contributed by atoms with Crippen molar-refractivity contribution in [3.63, 3.8) is 0 Å². The zero-order chi connectivity index (χ0) is 88.2. The standard InChI is InChI=1S/2C30H23N2Si.2C21H19N2.C19H15N2/c1-20-30-32-28-22(19-33(30,23-12-4-2-5-13-23)24-14-6-3-7-15-24)11-9-17-26(28)25-16-8-10-21-18-31(20)29(32)27(21)25;1-20-26-19-33(22-11-4-2-5-12-22,23-13-6-3-7-14-23)27-17-9-16-25-24-15-8-10-21-18-31(20)30(28(21)24)32(26)29(25)27;1-12-19-21(2,3)10-13-6-4-9-16-15-8-5-7-14-11-22(12)20(17(14)15)23(19)18(13)16;1-12-17-10-21(2,3)16-9-5-8-15-14-7-4-6-13-11-22(12)20(18(13)14)23(17)19(15)16;1-11-16-9-8-12-4-2-7-15-14-6-3-5-13-10-20(11)19(17(13)14)21(16)18(12)15/h2*2-17H,18-19H2,1H3;2*4-9H,10-11H2,1-3H3;2-7H,8-10H2,1H3/q5*+1. The van der Waals surface area contributed by atoms with E-state index < -0.39 is 16.1 Å². The van der Waals surface area contributed by atoms with Gasteiger partial charge in [-0.2, -0.15) is 22.0 Å². The Morgan fingerprint density at radius 3 is 1.06 bits per heavy atom. The van der Waals surface area contributed by atoms with Crippen LogP contribution >= 0.6 is 0 Å². The van der Waals surface area contributed by atoms with Crippen molar-refractivity contribution < 1.29 is 22.0 Å². The molecule has 133 heavy (non-hydrogen) atoms. The Labute approximate surface area is 771 Å². The lowest BCUT2D eigenvalue weighted by Gasteiger charge is -2.35. The van der Waals surface area contributed by atoms with Crippen LogP contribution in [0.1, 0.15) is 129 Å². The van der Waals surface area contributed by atoms with Gasteiger partial charge >= 0.3 is 0 Å². The first kappa shape index (κ1) is 75.3. The molecule has 34 rings (SSSR count). The second-order valence-electron chi connectivity index (χ2n) is 41.5. The monoisotopic (exact) mass is 1750 g/mol. The van der Waals surface area contributed by atoms with Crippen molar-refractivity contribution in [2.75, 3.05) is 0 Å². The molecule has 0 atom stereocenters. The summed E-state index contributed by atoms with van der Waals surface area (Å²) in [6, 6.07) is 116. The molecule has 20 heterocycles. The topological polar surface area (TPSA) is 45.1 Å². The fraction of sp³-hybridized carbons (Fsp3) is 0.182. The normalized spacial score (nSPS) is 16.1. The summed E-state index contributed by atoms with van der Waals surface area (Å²) in [5.74, 6) is 0. The molecule has 0 spiro atoms. The lowest BCUT2D eigenvalue weighted by molar-refractivity contribution is -0.498. The maximum atomic E-state index is 2.69. The van der Waals surface area contributed by atoms with E-state index in [4.69, 9.17) is 0 Å². The molecule has 10 aliphatic rings. The molecule has 0 aliphatic carbocycles. The van der Waals surface area contributed by atoms with E-state index in [9.17, 15) is 0 Å². The highest BCUT2D eigenvalue weighted by Crippen LogP contribution is 2.48. The maximum absolute atomic E-state index is 2.69. The Bertz CT molecular complexity index is 9480. The van der Waals surface area contributed by atoms with Gasteiger partial charge in [-0.05, 0) is 50.4 Å². The molecule has 0 radical (unpaired) electrons. The summed E-state index contributed by atoms with van der Waals surface area (Å²) < 4.78 is 25.8. The van der Waals surface area contributed by atoms with E-state index in [1.807, 2.05) is 0 Å². The van der Waals surface area contributed by atoms with E-state index in [1.54, 1.807) is 10.5 Å². The first-order valence-corrected chi connectivity index (χ1v) is 52.7. The van der Waals surface area contributed by atoms with E-state index in [-0.39, 0.29) is 10.8 Å². The molecular weight excluding hydrogens is 1650 g/mol. The number of aryl methyl sites for hydroxylation is 2. The lowest BCUT2D eigenvalue weighted by atomic mass is 9.77. The van der Waals surface area contributed by atoms with Crippen LogP contribution < -0.4 is 53.3 Å². The maximum Gasteiger partial charge on any atom is 0.295 e. The minimum atomic E-state index is -2.30. The van der Waals surface area contributed by atoms with Gasteiger partial charge in [-0.15, -0.1) is 0 Å². The van der Waals surface area contributed by atoms with Gasteiger partial charge in [0.25, 0.3) is 28.2 Å². The first-order valence-electron chi connectivity index (χ1n) is 48.3. The quantitative estimate of drug-likeness (QED) is 0.0958. The van der Waals surface area contributed by atoms with Crippen LogP contribution in [0.15, 0.2) is 303 Å². The van der Waals surface area contributed by atoms with Gasteiger partial charge < -0.3 is 0 Å². The summed E-state index contributed by atoms with van der Waals surface area (Å²) in [6.07, 6.45) is 4.57. The molecule has 10 nitrogen and oxygen atoms in total. The zero-order valence-corrected chi connectivity index (χ0v) is 78.6. The molecule has 0 bridgehead atoms. The second kappa shape index (κ2) is 26.1. The van der Waals surface area contributed by atoms with Gasteiger partial charge in [-0.25, -0.2) is 22.8 Å². The number of fused-ring (bicyclic) bond motifs is 5. The Balaban J connectivity index is 0.0000000805. The average Bonchev–Trinajstić information content (AvgIpc) is 1.52. The van der Waals surface area contributed by atoms with Gasteiger partial charge in [0.1, 0.15) is 99.8 Å². The summed E-state index contributed by atoms with van der Waals surface area (Å²) in [5.41, 5.74) is 41.1. The van der Waals surface area contributed by atoms with Crippen LogP contribution in [0, 0.1) is 34.6 Å². The first-order chi connectivity index (χ1) is 65.1. The van der Waals surface area contributed by atoms with Crippen molar-refractivity contribution in [3.05, 3.63) is 405 Å². The van der Waals surface area contributed by atoms with E-state index in [0.29, 0.717) is 0 Å². The molecule has 636 valence electrons. The van der Waals surface area contributed by atoms with Crippen molar-refractivity contribution in [1.29, 1.82) is 0 Å². The third-order valence-corrected chi connectivity index (χ3v) is 43.9. The molecule has 0 saturated carbocycles. The molecule has 0 fully saturated rings. The van der Waals surface area contributed by atoms with Crippen molar-refractivity contribution in [1.82, 2.24) is 22.8 Å². The van der Waals surface area contributed by atoms with Crippen molar-refractivity contribution in [2.45, 2.75) is 144 Å². The molecular formula is C121H99N10Si2+5. The highest BCUT2D eigenvalue weighted by atomic mass is 28.3. The Hall–Kier alpha value is -14.4. The largest absolute Gasteiger partial charge is 0.295 e. The number of hydrogen-bond donors (Lipinski definition) is 0. The zero-order valence-electron chi connectivity index (χ0n) is 76.6. The molecule has 24 aromatic rings. The Morgan fingerprint density at radius 1 is 0.241 bits per heavy atom. The van der Waals surface area contributed by atoms with E-state index in [2.05, 4.69) is 410 Å². The van der Waals surface area contributed by atoms with Gasteiger partial charge in [-0.3, -0.25) is 0 Å². The number of rotatable bonds is 4. The molecule has 0 saturated heterocycles. The summed E-state index contributed by atoms with van der Waals surface area (Å²) in [6.45, 7) is 26.2.